The van der Waals surface area contributed by atoms with E-state index in [-0.39, 0.29) is 43.6 Å². The highest BCUT2D eigenvalue weighted by atomic mass is 19.2. The second kappa shape index (κ2) is 6.83. The van der Waals surface area contributed by atoms with E-state index < -0.39 is 23.6 Å². The predicted octanol–water partition coefficient (Wildman–Crippen LogP) is 1.95. The molecule has 3 heterocycles. The van der Waals surface area contributed by atoms with Gasteiger partial charge < -0.3 is 14.9 Å². The van der Waals surface area contributed by atoms with Gasteiger partial charge in [0.15, 0.2) is 17.5 Å². The van der Waals surface area contributed by atoms with Crippen LogP contribution in [-0.2, 0) is 0 Å². The normalized spacial score (nSPS) is 14.5. The van der Waals surface area contributed by atoms with Gasteiger partial charge in [-0.05, 0) is 12.1 Å². The largest absolute Gasteiger partial charge is 0.506 e. The van der Waals surface area contributed by atoms with Gasteiger partial charge in [0.1, 0.15) is 11.6 Å². The van der Waals surface area contributed by atoms with E-state index in [1.165, 1.54) is 28.1 Å². The van der Waals surface area contributed by atoms with Gasteiger partial charge in [-0.2, -0.15) is 9.37 Å². The highest BCUT2D eigenvalue weighted by Gasteiger charge is 2.25. The molecule has 0 radical (unpaired) electrons. The Morgan fingerprint density at radius 1 is 1.12 bits per heavy atom. The van der Waals surface area contributed by atoms with Crippen molar-refractivity contribution < 1.29 is 23.1 Å². The molecule has 0 spiro atoms. The summed E-state index contributed by atoms with van der Waals surface area (Å²) < 4.78 is 39.9. The van der Waals surface area contributed by atoms with Crippen LogP contribution in [0, 0.1) is 17.6 Å². The first-order valence-electron chi connectivity index (χ1n) is 7.41. The first-order chi connectivity index (χ1) is 11.9. The number of urea groups is 1. The van der Waals surface area contributed by atoms with E-state index >= 15 is 0 Å². The Labute approximate surface area is 140 Å². The third kappa shape index (κ3) is 3.73. The Kier molecular flexibility index (Phi) is 4.59. The van der Waals surface area contributed by atoms with Gasteiger partial charge in [-0.1, -0.05) is 0 Å². The maximum Gasteiger partial charge on any atom is 0.323 e. The van der Waals surface area contributed by atoms with Crippen LogP contribution in [0.25, 0.3) is 0 Å². The van der Waals surface area contributed by atoms with Crippen LogP contribution in [0.4, 0.5) is 29.6 Å². The zero-order chi connectivity index (χ0) is 18.0. The van der Waals surface area contributed by atoms with Crippen molar-refractivity contribution in [2.75, 3.05) is 36.4 Å². The molecule has 10 heteroatoms. The number of piperazine rings is 1. The lowest BCUT2D eigenvalue weighted by atomic mass is 10.3. The molecule has 7 nitrogen and oxygen atoms in total. The molecule has 0 saturated carbocycles. The van der Waals surface area contributed by atoms with Crippen LogP contribution >= 0.6 is 0 Å². The zero-order valence-corrected chi connectivity index (χ0v) is 12.9. The summed E-state index contributed by atoms with van der Waals surface area (Å²) in [5.74, 6) is -3.69. The minimum Gasteiger partial charge on any atom is -0.506 e. The van der Waals surface area contributed by atoms with E-state index in [4.69, 9.17) is 5.11 Å². The summed E-state index contributed by atoms with van der Waals surface area (Å²) in [5.41, 5.74) is 0. The van der Waals surface area contributed by atoms with Crippen LogP contribution in [0.15, 0.2) is 24.4 Å². The number of rotatable bonds is 2. The third-order valence-electron chi connectivity index (χ3n) is 3.72. The maximum atomic E-state index is 13.8. The fourth-order valence-electron chi connectivity index (χ4n) is 2.43. The summed E-state index contributed by atoms with van der Waals surface area (Å²) in [4.78, 5) is 22.2. The van der Waals surface area contributed by atoms with Gasteiger partial charge in [0.25, 0.3) is 5.95 Å². The number of carbonyl (C=O) groups excluding carboxylic acids is 1. The van der Waals surface area contributed by atoms with E-state index in [0.29, 0.717) is 6.07 Å². The lowest BCUT2D eigenvalue weighted by Crippen LogP contribution is -2.50. The van der Waals surface area contributed by atoms with Crippen LogP contribution in [0.5, 0.6) is 5.75 Å². The lowest BCUT2D eigenvalue weighted by molar-refractivity contribution is 0.207. The number of halogens is 3. The molecule has 2 aromatic heterocycles. The number of hydrogen-bond donors (Lipinski definition) is 2. The molecule has 0 unspecified atom stereocenters. The Morgan fingerprint density at radius 2 is 1.84 bits per heavy atom. The zero-order valence-electron chi connectivity index (χ0n) is 12.9. The number of nitrogens with zero attached hydrogens (tertiary/aromatic N) is 4. The molecule has 1 aliphatic rings. The summed E-state index contributed by atoms with van der Waals surface area (Å²) in [6.07, 6.45) is 1.20. The van der Waals surface area contributed by atoms with Crippen LogP contribution in [0.1, 0.15) is 0 Å². The minimum atomic E-state index is -1.37. The fourth-order valence-corrected chi connectivity index (χ4v) is 2.43. The number of nitrogens with one attached hydrogen (secondary N) is 1. The molecule has 1 fully saturated rings. The van der Waals surface area contributed by atoms with Crippen LogP contribution in [0.2, 0.25) is 0 Å². The van der Waals surface area contributed by atoms with E-state index in [9.17, 15) is 18.0 Å². The molecule has 2 aromatic rings. The smallest absolute Gasteiger partial charge is 0.323 e. The average Bonchev–Trinajstić information content (AvgIpc) is 2.60. The van der Waals surface area contributed by atoms with Crippen molar-refractivity contribution in [1.29, 1.82) is 0 Å². The molecule has 25 heavy (non-hydrogen) atoms. The summed E-state index contributed by atoms with van der Waals surface area (Å²) in [6, 6.07) is 2.88. The van der Waals surface area contributed by atoms with E-state index in [0.717, 1.165) is 0 Å². The van der Waals surface area contributed by atoms with Crippen LogP contribution in [-0.4, -0.2) is 52.2 Å². The number of aromatic hydroxyl groups is 1. The standard InChI is InChI=1S/C15H14F3N5O2/c16-10-7-11(17)14(21-13(10)18)22-3-5-23(6-4-22)15(25)20-12-2-1-9(24)8-19-12/h1-2,7-8,24H,3-6H2,(H,19,20,25). The minimum absolute atomic E-state index is 0.0207. The van der Waals surface area contributed by atoms with Gasteiger partial charge in [-0.15, -0.1) is 0 Å². The second-order valence-electron chi connectivity index (χ2n) is 5.37. The Balaban J connectivity index is 1.61. The van der Waals surface area contributed by atoms with Crippen LogP contribution in [0.3, 0.4) is 0 Å². The Bertz CT molecular complexity index is 779. The summed E-state index contributed by atoms with van der Waals surface area (Å²) in [7, 11) is 0. The van der Waals surface area contributed by atoms with E-state index in [2.05, 4.69) is 15.3 Å². The van der Waals surface area contributed by atoms with Crippen molar-refractivity contribution in [2.45, 2.75) is 0 Å². The summed E-state index contributed by atoms with van der Waals surface area (Å²) in [5, 5.41) is 11.7. The molecule has 2 N–H and O–H groups in total. The Hall–Kier alpha value is -3.04. The van der Waals surface area contributed by atoms with Gasteiger partial charge >= 0.3 is 6.03 Å². The SMILES string of the molecule is O=C(Nc1ccc(O)cn1)N1CCN(c2nc(F)c(F)cc2F)CC1. The first kappa shape index (κ1) is 16.8. The van der Waals surface area contributed by atoms with E-state index in [1.54, 1.807) is 0 Å². The molecule has 0 atom stereocenters. The van der Waals surface area contributed by atoms with Gasteiger partial charge in [0.05, 0.1) is 6.20 Å². The molecule has 1 saturated heterocycles. The highest BCUT2D eigenvalue weighted by molar-refractivity contribution is 5.88. The fraction of sp³-hybridized carbons (Fsp3) is 0.267. The average molecular weight is 353 g/mol. The summed E-state index contributed by atoms with van der Waals surface area (Å²) >= 11 is 0. The molecule has 2 amide bonds. The van der Waals surface area contributed by atoms with Crippen molar-refractivity contribution in [3.63, 3.8) is 0 Å². The Morgan fingerprint density at radius 3 is 2.48 bits per heavy atom. The number of anilines is 2. The number of pyridine rings is 2. The van der Waals surface area contributed by atoms with Crippen molar-refractivity contribution in [1.82, 2.24) is 14.9 Å². The van der Waals surface area contributed by atoms with E-state index in [1.807, 2.05) is 0 Å². The van der Waals surface area contributed by atoms with Crippen LogP contribution < -0.4 is 10.2 Å². The first-order valence-corrected chi connectivity index (χ1v) is 7.41. The molecule has 132 valence electrons. The van der Waals surface area contributed by atoms with Gasteiger partial charge in [-0.25, -0.2) is 18.6 Å². The maximum absolute atomic E-state index is 13.8. The van der Waals surface area contributed by atoms with Crippen molar-refractivity contribution in [2.24, 2.45) is 0 Å². The lowest BCUT2D eigenvalue weighted by Gasteiger charge is -2.35. The third-order valence-corrected chi connectivity index (χ3v) is 3.72. The highest BCUT2D eigenvalue weighted by Crippen LogP contribution is 2.20. The number of amides is 2. The topological polar surface area (TPSA) is 81.6 Å². The monoisotopic (exact) mass is 353 g/mol. The number of carbonyl (C=O) groups is 1. The van der Waals surface area contributed by atoms with Gasteiger partial charge in [0, 0.05) is 32.2 Å². The predicted molar refractivity (Wildman–Crippen MR) is 82.8 cm³/mol. The van der Waals surface area contributed by atoms with Crippen molar-refractivity contribution >= 4 is 17.7 Å². The second-order valence-corrected chi connectivity index (χ2v) is 5.37. The molecule has 3 rings (SSSR count). The van der Waals surface area contributed by atoms with Crippen molar-refractivity contribution in [3.8, 4) is 5.75 Å². The molecular weight excluding hydrogens is 339 g/mol. The van der Waals surface area contributed by atoms with Crippen molar-refractivity contribution in [3.05, 3.63) is 42.0 Å². The molecular formula is C15H14F3N5O2. The molecule has 0 aliphatic carbocycles. The number of aromatic nitrogens is 2. The van der Waals surface area contributed by atoms with Gasteiger partial charge in [-0.3, -0.25) is 5.32 Å². The van der Waals surface area contributed by atoms with Gasteiger partial charge in [0.2, 0.25) is 0 Å². The number of hydrogen-bond acceptors (Lipinski definition) is 5. The molecule has 0 bridgehead atoms. The molecule has 0 aromatic carbocycles. The quantitative estimate of drug-likeness (QED) is 0.807. The summed E-state index contributed by atoms with van der Waals surface area (Å²) in [6.45, 7) is 0.908. The molecule has 1 aliphatic heterocycles.